The number of halogens is 1. The van der Waals surface area contributed by atoms with Gasteiger partial charge in [-0.1, -0.05) is 23.7 Å². The zero-order valence-corrected chi connectivity index (χ0v) is 14.5. The van der Waals surface area contributed by atoms with Gasteiger partial charge in [0.15, 0.2) is 0 Å². The van der Waals surface area contributed by atoms with Crippen molar-refractivity contribution in [2.75, 3.05) is 10.7 Å². The van der Waals surface area contributed by atoms with Crippen molar-refractivity contribution in [3.8, 4) is 0 Å². The summed E-state index contributed by atoms with van der Waals surface area (Å²) >= 11 is 7.30. The molecule has 2 aromatic carbocycles. The number of aromatic nitrogens is 2. The molecule has 3 aromatic rings. The number of nitrogens with zero attached hydrogens (tertiary/aromatic N) is 2. The van der Waals surface area contributed by atoms with Gasteiger partial charge in [0, 0.05) is 16.3 Å². The number of nitrogens with one attached hydrogen (secondary N) is 2. The lowest BCUT2D eigenvalue weighted by atomic mass is 10.2. The summed E-state index contributed by atoms with van der Waals surface area (Å²) in [5.41, 5.74) is 5.04. The van der Waals surface area contributed by atoms with Gasteiger partial charge in [-0.2, -0.15) is 0 Å². The van der Waals surface area contributed by atoms with Crippen LogP contribution in [0.5, 0.6) is 0 Å². The van der Waals surface area contributed by atoms with Crippen molar-refractivity contribution in [3.05, 3.63) is 53.8 Å². The Hall–Kier alpha value is -2.51. The van der Waals surface area contributed by atoms with Gasteiger partial charge in [0.05, 0.1) is 22.0 Å². The topological polar surface area (TPSA) is 76.0 Å². The van der Waals surface area contributed by atoms with Crippen molar-refractivity contribution >= 4 is 51.9 Å². The highest BCUT2D eigenvalue weighted by atomic mass is 35.5. The molecule has 0 spiro atoms. The van der Waals surface area contributed by atoms with Crippen LogP contribution in [-0.4, -0.2) is 26.7 Å². The lowest BCUT2D eigenvalue weighted by molar-refractivity contribution is -0.121. The molecule has 0 saturated heterocycles. The van der Waals surface area contributed by atoms with Crippen molar-refractivity contribution in [3.63, 3.8) is 0 Å². The van der Waals surface area contributed by atoms with E-state index in [0.29, 0.717) is 10.7 Å². The molecule has 2 N–H and O–H groups in total. The summed E-state index contributed by atoms with van der Waals surface area (Å²) in [6.07, 6.45) is 1.61. The third-order valence-electron chi connectivity index (χ3n) is 3.83. The van der Waals surface area contributed by atoms with Crippen molar-refractivity contribution in [1.82, 2.24) is 9.66 Å². The summed E-state index contributed by atoms with van der Waals surface area (Å²) in [7, 11) is 0. The number of hydrogen-bond acceptors (Lipinski definition) is 4. The van der Waals surface area contributed by atoms with Crippen LogP contribution in [0.1, 0.15) is 6.42 Å². The molecule has 0 fully saturated rings. The zero-order valence-electron chi connectivity index (χ0n) is 12.9. The normalized spacial score (nSPS) is 16.4. The van der Waals surface area contributed by atoms with E-state index in [9.17, 15) is 9.59 Å². The maximum absolute atomic E-state index is 12.4. The Morgan fingerprint density at radius 3 is 3.04 bits per heavy atom. The van der Waals surface area contributed by atoms with E-state index in [2.05, 4.69) is 15.7 Å². The lowest BCUT2D eigenvalue weighted by Gasteiger charge is -2.23. The largest absolute Gasteiger partial charge is 0.324 e. The highest BCUT2D eigenvalue weighted by Gasteiger charge is 2.29. The molecule has 1 aliphatic heterocycles. The fourth-order valence-electron chi connectivity index (χ4n) is 2.65. The molecule has 6 nitrogen and oxygen atoms in total. The fraction of sp³-hybridized carbons (Fsp3) is 0.118. The van der Waals surface area contributed by atoms with Gasteiger partial charge in [-0.05, 0) is 30.3 Å². The van der Waals surface area contributed by atoms with E-state index in [4.69, 9.17) is 11.6 Å². The summed E-state index contributed by atoms with van der Waals surface area (Å²) in [4.78, 5) is 29.7. The van der Waals surface area contributed by atoms with Crippen LogP contribution in [0, 0.1) is 0 Å². The van der Waals surface area contributed by atoms with Gasteiger partial charge in [-0.15, -0.1) is 11.8 Å². The number of para-hydroxylation sites is 2. The summed E-state index contributed by atoms with van der Waals surface area (Å²) < 4.78 is 1.57. The first-order valence-electron chi connectivity index (χ1n) is 7.59. The van der Waals surface area contributed by atoms with Gasteiger partial charge in [0.25, 0.3) is 0 Å². The second-order valence-corrected chi connectivity index (χ2v) is 7.26. The second-order valence-electron chi connectivity index (χ2n) is 5.58. The average molecular weight is 373 g/mol. The Morgan fingerprint density at radius 1 is 1.32 bits per heavy atom. The lowest BCUT2D eigenvalue weighted by Crippen LogP contribution is -2.34. The fourth-order valence-corrected chi connectivity index (χ4v) is 3.92. The molecule has 4 rings (SSSR count). The van der Waals surface area contributed by atoms with Gasteiger partial charge in [0.2, 0.25) is 11.8 Å². The Morgan fingerprint density at radius 2 is 2.16 bits per heavy atom. The predicted octanol–water partition coefficient (Wildman–Crippen LogP) is 3.26. The Bertz CT molecular complexity index is 988. The van der Waals surface area contributed by atoms with Gasteiger partial charge in [0.1, 0.15) is 6.33 Å². The van der Waals surface area contributed by atoms with Gasteiger partial charge < -0.3 is 5.32 Å². The SMILES string of the molecule is O=C(CC1Sc2ccc(Cl)cc2NC1=O)Nn1cnc2ccccc21. The Balaban J connectivity index is 1.47. The number of amides is 2. The van der Waals surface area contributed by atoms with Crippen LogP contribution < -0.4 is 10.7 Å². The molecule has 1 aromatic heterocycles. The van der Waals surface area contributed by atoms with E-state index in [1.54, 1.807) is 23.1 Å². The maximum atomic E-state index is 12.4. The molecule has 0 saturated carbocycles. The molecule has 0 radical (unpaired) electrons. The second kappa shape index (κ2) is 6.42. The molecule has 2 amide bonds. The first-order chi connectivity index (χ1) is 12.1. The van der Waals surface area contributed by atoms with E-state index < -0.39 is 5.25 Å². The molecule has 8 heteroatoms. The van der Waals surface area contributed by atoms with E-state index in [1.165, 1.54) is 11.8 Å². The molecule has 25 heavy (non-hydrogen) atoms. The number of imidazole rings is 1. The third kappa shape index (κ3) is 3.20. The first-order valence-corrected chi connectivity index (χ1v) is 8.85. The molecule has 0 bridgehead atoms. The van der Waals surface area contributed by atoms with Crippen LogP contribution >= 0.6 is 23.4 Å². The number of hydrogen-bond donors (Lipinski definition) is 2. The Labute approximate surface area is 152 Å². The number of thioether (sulfide) groups is 1. The summed E-state index contributed by atoms with van der Waals surface area (Å²) in [6.45, 7) is 0. The average Bonchev–Trinajstić information content (AvgIpc) is 2.99. The highest BCUT2D eigenvalue weighted by molar-refractivity contribution is 8.01. The van der Waals surface area contributed by atoms with Crippen molar-refractivity contribution in [2.45, 2.75) is 16.6 Å². The van der Waals surface area contributed by atoms with Crippen LogP contribution in [0.3, 0.4) is 0 Å². The third-order valence-corrected chi connectivity index (χ3v) is 5.34. The van der Waals surface area contributed by atoms with Gasteiger partial charge in [-0.25, -0.2) is 9.66 Å². The maximum Gasteiger partial charge on any atom is 0.240 e. The van der Waals surface area contributed by atoms with Gasteiger partial charge >= 0.3 is 0 Å². The van der Waals surface area contributed by atoms with Crippen LogP contribution in [0.2, 0.25) is 5.02 Å². The first kappa shape index (κ1) is 16.0. The molecular formula is C17H13ClN4O2S. The standard InChI is InChI=1S/C17H13ClN4O2S/c18-10-5-6-14-12(7-10)20-17(24)15(25-14)8-16(23)21-22-9-19-11-3-1-2-4-13(11)22/h1-7,9,15H,8H2,(H,20,24)(H,21,23). The van der Waals surface area contributed by atoms with Crippen molar-refractivity contribution in [1.29, 1.82) is 0 Å². The van der Waals surface area contributed by atoms with E-state index in [-0.39, 0.29) is 18.2 Å². The molecule has 1 aliphatic rings. The minimum Gasteiger partial charge on any atom is -0.324 e. The Kier molecular flexibility index (Phi) is 4.10. The number of fused-ring (bicyclic) bond motifs is 2. The predicted molar refractivity (Wildman–Crippen MR) is 98.4 cm³/mol. The van der Waals surface area contributed by atoms with Gasteiger partial charge in [-0.3, -0.25) is 15.0 Å². The van der Waals surface area contributed by atoms with E-state index in [0.717, 1.165) is 15.9 Å². The van der Waals surface area contributed by atoms with Crippen LogP contribution in [-0.2, 0) is 9.59 Å². The molecule has 1 unspecified atom stereocenters. The van der Waals surface area contributed by atoms with Crippen molar-refractivity contribution in [2.24, 2.45) is 0 Å². The number of benzene rings is 2. The van der Waals surface area contributed by atoms with Crippen LogP contribution in [0.4, 0.5) is 5.69 Å². The minimum absolute atomic E-state index is 0.0606. The quantitative estimate of drug-likeness (QED) is 0.739. The summed E-state index contributed by atoms with van der Waals surface area (Å²) in [5, 5.41) is 2.86. The van der Waals surface area contributed by atoms with E-state index in [1.807, 2.05) is 30.3 Å². The minimum atomic E-state index is -0.497. The highest BCUT2D eigenvalue weighted by Crippen LogP contribution is 2.38. The van der Waals surface area contributed by atoms with E-state index >= 15 is 0 Å². The zero-order chi connectivity index (χ0) is 17.4. The number of anilines is 1. The summed E-state index contributed by atoms with van der Waals surface area (Å²) in [6, 6.07) is 12.8. The van der Waals surface area contributed by atoms with Crippen molar-refractivity contribution < 1.29 is 9.59 Å². The summed E-state index contributed by atoms with van der Waals surface area (Å²) in [5.74, 6) is -0.460. The molecule has 1 atom stereocenters. The smallest absolute Gasteiger partial charge is 0.240 e. The molecule has 126 valence electrons. The van der Waals surface area contributed by atoms with Crippen LogP contribution in [0.15, 0.2) is 53.7 Å². The molecular weight excluding hydrogens is 360 g/mol. The monoisotopic (exact) mass is 372 g/mol. The number of rotatable bonds is 3. The number of carbonyl (C=O) groups excluding carboxylic acids is 2. The molecule has 0 aliphatic carbocycles. The van der Waals surface area contributed by atoms with Crippen LogP contribution in [0.25, 0.3) is 11.0 Å². The molecule has 2 heterocycles. The number of carbonyl (C=O) groups is 2.